The fraction of sp³-hybridized carbons (Fsp3) is 0.722. The number of ether oxygens (including phenoxy) is 3. The second-order valence-corrected chi connectivity index (χ2v) is 15.4. The van der Waals surface area contributed by atoms with Crippen molar-refractivity contribution in [1.82, 2.24) is 10.2 Å². The van der Waals surface area contributed by atoms with E-state index in [0.717, 1.165) is 19.3 Å². The summed E-state index contributed by atoms with van der Waals surface area (Å²) < 4.78 is 19.1. The summed E-state index contributed by atoms with van der Waals surface area (Å²) in [4.78, 5) is 28.5. The van der Waals surface area contributed by atoms with Crippen LogP contribution in [0.1, 0.15) is 70.7 Å². The van der Waals surface area contributed by atoms with Crippen molar-refractivity contribution in [1.29, 1.82) is 0 Å². The minimum Gasteiger partial charge on any atom is -0.462 e. The van der Waals surface area contributed by atoms with E-state index in [4.69, 9.17) is 14.2 Å². The van der Waals surface area contributed by atoms with Crippen molar-refractivity contribution in [2.24, 2.45) is 39.9 Å². The number of aliphatic hydroxyl groups excluding tert-OH is 1. The van der Waals surface area contributed by atoms with Gasteiger partial charge in [0.1, 0.15) is 12.2 Å². The molecule has 1 amide bonds. The summed E-state index contributed by atoms with van der Waals surface area (Å²) in [7, 11) is 5.94. The normalized spacial score (nSPS) is 45.0. The van der Waals surface area contributed by atoms with E-state index in [1.54, 1.807) is 7.11 Å². The summed E-state index contributed by atoms with van der Waals surface area (Å²) in [6, 6.07) is 9.21. The number of esters is 1. The highest BCUT2D eigenvalue weighted by molar-refractivity contribution is 5.94. The van der Waals surface area contributed by atoms with Gasteiger partial charge in [-0.15, -0.1) is 0 Å². The van der Waals surface area contributed by atoms with Gasteiger partial charge < -0.3 is 29.5 Å². The molecular weight excluding hydrogens is 556 g/mol. The quantitative estimate of drug-likeness (QED) is 0.364. The van der Waals surface area contributed by atoms with Crippen molar-refractivity contribution < 1.29 is 28.9 Å². The van der Waals surface area contributed by atoms with Gasteiger partial charge in [-0.2, -0.15) is 0 Å². The van der Waals surface area contributed by atoms with Gasteiger partial charge in [-0.25, -0.2) is 0 Å². The fourth-order valence-corrected chi connectivity index (χ4v) is 10.9. The molecule has 0 spiro atoms. The number of carbonyl (C=O) groups is 2. The fourth-order valence-electron chi connectivity index (χ4n) is 10.9. The second-order valence-electron chi connectivity index (χ2n) is 15.4. The van der Waals surface area contributed by atoms with Crippen molar-refractivity contribution in [2.75, 3.05) is 27.8 Å². The molecule has 1 aromatic rings. The van der Waals surface area contributed by atoms with E-state index in [1.807, 2.05) is 30.3 Å². The third-order valence-corrected chi connectivity index (χ3v) is 13.3. The molecule has 5 aliphatic rings. The molecule has 4 fully saturated rings. The number of rotatable bonds is 6. The molecule has 0 radical (unpaired) electrons. The molecule has 2 bridgehead atoms. The van der Waals surface area contributed by atoms with E-state index in [-0.39, 0.29) is 76.8 Å². The first-order valence-corrected chi connectivity index (χ1v) is 16.5. The summed E-state index contributed by atoms with van der Waals surface area (Å²) in [5.41, 5.74) is 1.26. The molecule has 0 aromatic heterocycles. The predicted molar refractivity (Wildman–Crippen MR) is 168 cm³/mol. The molecule has 1 heterocycles. The summed E-state index contributed by atoms with van der Waals surface area (Å²) in [5.74, 6) is -0.172. The van der Waals surface area contributed by atoms with E-state index < -0.39 is 11.5 Å². The van der Waals surface area contributed by atoms with Crippen molar-refractivity contribution in [3.63, 3.8) is 0 Å². The number of hydrogen-bond donors (Lipinski definition) is 2. The number of methoxy groups -OCH3 is 1. The largest absolute Gasteiger partial charge is 0.462 e. The lowest BCUT2D eigenvalue weighted by Crippen LogP contribution is -2.65. The standard InChI is InChI=1S/C36H52N2O6/c1-20(38(6)7)28-26(40)18-36(5)25-17-27(44-21(2)39)29-24(16-23(25)14-15-35(28,36)4)30(42-8)31-32(34(29,3)19-43-31)37-33(41)22-12-10-9-11-13-22/h9-14,20,24-32,40H,15-19H2,1-8H3,(H,37,41)/t20?,24?,25-,26-,27+,28+,29+,30+,31+,32+,34+,35-,36+/m1/s1. The molecule has 6 rings (SSSR count). The predicted octanol–water partition coefficient (Wildman–Crippen LogP) is 4.47. The van der Waals surface area contributed by atoms with Crippen LogP contribution >= 0.6 is 0 Å². The number of nitrogens with zero attached hydrogens (tertiary/aromatic N) is 1. The molecule has 44 heavy (non-hydrogen) atoms. The van der Waals surface area contributed by atoms with Crippen LogP contribution in [0.15, 0.2) is 42.0 Å². The summed E-state index contributed by atoms with van der Waals surface area (Å²) >= 11 is 0. The van der Waals surface area contributed by atoms with Crippen molar-refractivity contribution in [3.8, 4) is 0 Å². The summed E-state index contributed by atoms with van der Waals surface area (Å²) in [6.45, 7) is 11.1. The van der Waals surface area contributed by atoms with Crippen molar-refractivity contribution in [2.45, 2.75) is 96.8 Å². The molecule has 4 aliphatic carbocycles. The molecule has 1 aliphatic heterocycles. The number of aliphatic hydroxyl groups is 1. The lowest BCUT2D eigenvalue weighted by molar-refractivity contribution is -0.164. The van der Waals surface area contributed by atoms with E-state index >= 15 is 0 Å². The topological polar surface area (TPSA) is 97.3 Å². The molecular formula is C36H52N2O6. The van der Waals surface area contributed by atoms with E-state index in [9.17, 15) is 14.7 Å². The van der Waals surface area contributed by atoms with Crippen LogP contribution in [0.4, 0.5) is 0 Å². The molecule has 3 saturated carbocycles. The molecule has 8 heteroatoms. The van der Waals surface area contributed by atoms with Crippen LogP contribution in [0.25, 0.3) is 0 Å². The Balaban J connectivity index is 1.41. The highest BCUT2D eigenvalue weighted by Crippen LogP contribution is 2.69. The smallest absolute Gasteiger partial charge is 0.302 e. The van der Waals surface area contributed by atoms with Crippen LogP contribution in [0.3, 0.4) is 0 Å². The van der Waals surface area contributed by atoms with Crippen LogP contribution in [0.5, 0.6) is 0 Å². The third kappa shape index (κ3) is 4.61. The zero-order valence-corrected chi connectivity index (χ0v) is 27.7. The van der Waals surface area contributed by atoms with Gasteiger partial charge in [-0.3, -0.25) is 9.59 Å². The van der Waals surface area contributed by atoms with Crippen LogP contribution in [0.2, 0.25) is 0 Å². The Morgan fingerprint density at radius 2 is 1.84 bits per heavy atom. The average molecular weight is 609 g/mol. The number of allylic oxidation sites excluding steroid dienone is 2. The van der Waals surface area contributed by atoms with E-state index in [2.05, 4.69) is 58.1 Å². The van der Waals surface area contributed by atoms with Gasteiger partial charge in [-0.1, -0.05) is 50.6 Å². The second kappa shape index (κ2) is 11.2. The Morgan fingerprint density at radius 1 is 1.14 bits per heavy atom. The molecule has 13 atom stereocenters. The van der Waals surface area contributed by atoms with E-state index in [1.165, 1.54) is 12.5 Å². The minimum absolute atomic E-state index is 0.0544. The lowest BCUT2D eigenvalue weighted by atomic mass is 9.51. The van der Waals surface area contributed by atoms with Crippen molar-refractivity contribution >= 4 is 11.9 Å². The van der Waals surface area contributed by atoms with E-state index in [0.29, 0.717) is 18.6 Å². The zero-order valence-electron chi connectivity index (χ0n) is 27.7. The maximum Gasteiger partial charge on any atom is 0.302 e. The first-order chi connectivity index (χ1) is 20.8. The van der Waals surface area contributed by atoms with Gasteiger partial charge in [0.25, 0.3) is 5.91 Å². The lowest BCUT2D eigenvalue weighted by Gasteiger charge is -2.54. The monoisotopic (exact) mass is 608 g/mol. The minimum atomic E-state index is -0.468. The molecule has 1 aromatic carbocycles. The first-order valence-electron chi connectivity index (χ1n) is 16.5. The highest BCUT2D eigenvalue weighted by Gasteiger charge is 2.69. The number of benzene rings is 1. The number of carbonyl (C=O) groups excluding carboxylic acids is 2. The zero-order chi connectivity index (χ0) is 31.8. The SMILES string of the molecule is CO[C@H]1C2CC3=CC[C@]4(C)[C@@H](C(C)N(C)C)[C@H](O)C[C@@]4(C)[C@@H]3C[C@H](OC(C)=O)[C@H]2[C@]2(C)CO[C@@H]1[C@@H]2NC(=O)c1ccccc1. The number of nitrogens with one attached hydrogen (secondary N) is 1. The van der Waals surface area contributed by atoms with Gasteiger partial charge in [0.05, 0.1) is 24.9 Å². The van der Waals surface area contributed by atoms with Gasteiger partial charge in [0.2, 0.25) is 0 Å². The molecule has 242 valence electrons. The maximum atomic E-state index is 13.5. The Hall–Kier alpha value is -2.26. The summed E-state index contributed by atoms with van der Waals surface area (Å²) in [5, 5.41) is 15.0. The van der Waals surface area contributed by atoms with Gasteiger partial charge in [0.15, 0.2) is 0 Å². The first kappa shape index (κ1) is 31.7. The van der Waals surface area contributed by atoms with Crippen LogP contribution < -0.4 is 5.32 Å². The van der Waals surface area contributed by atoms with Gasteiger partial charge >= 0.3 is 5.97 Å². The molecule has 2 unspecified atom stereocenters. The van der Waals surface area contributed by atoms with Crippen LogP contribution in [-0.4, -0.2) is 86.2 Å². The van der Waals surface area contributed by atoms with Gasteiger partial charge in [-0.05, 0) is 81.5 Å². The number of hydrogen-bond acceptors (Lipinski definition) is 7. The van der Waals surface area contributed by atoms with Gasteiger partial charge in [0, 0.05) is 42.9 Å². The Kier molecular flexibility index (Phi) is 8.08. The van der Waals surface area contributed by atoms with Crippen LogP contribution in [0, 0.1) is 39.9 Å². The number of amides is 1. The molecule has 8 nitrogen and oxygen atoms in total. The Labute approximate surface area is 262 Å². The Morgan fingerprint density at radius 3 is 2.48 bits per heavy atom. The maximum absolute atomic E-state index is 13.5. The molecule has 1 saturated heterocycles. The Bertz CT molecular complexity index is 1300. The number of fused-ring (bicyclic) bond motifs is 7. The van der Waals surface area contributed by atoms with Crippen molar-refractivity contribution in [3.05, 3.63) is 47.5 Å². The van der Waals surface area contributed by atoms with Crippen LogP contribution in [-0.2, 0) is 19.0 Å². The highest BCUT2D eigenvalue weighted by atomic mass is 16.6. The average Bonchev–Trinajstić information content (AvgIpc) is 3.25. The molecule has 2 N–H and O–H groups in total. The summed E-state index contributed by atoms with van der Waals surface area (Å²) in [6.07, 6.45) is 4.24. The third-order valence-electron chi connectivity index (χ3n) is 13.3.